The van der Waals surface area contributed by atoms with E-state index in [1.165, 1.54) is 6.08 Å². The van der Waals surface area contributed by atoms with Gasteiger partial charge in [-0.05, 0) is 0 Å². The molecule has 2 unspecified atom stereocenters. The zero-order chi connectivity index (χ0) is 12.6. The van der Waals surface area contributed by atoms with E-state index in [1.807, 2.05) is 19.6 Å². The van der Waals surface area contributed by atoms with Gasteiger partial charge in [0.2, 0.25) is 0 Å². The molecular formula is C11H16O4Si. The average molecular weight is 240 g/mol. The molecule has 0 spiro atoms. The van der Waals surface area contributed by atoms with E-state index in [4.69, 9.17) is 5.11 Å². The Morgan fingerprint density at radius 3 is 2.06 bits per heavy atom. The highest BCUT2D eigenvalue weighted by Gasteiger charge is 2.56. The standard InChI is InChI=1S/C11H16O4Si/c1-16(2,3)11(10(14)15)7-5-4-6-8(11)9(12)13/h4-8H,1-3H3,(H,12,13)(H,14,15). The van der Waals surface area contributed by atoms with Crippen molar-refractivity contribution in [3.63, 3.8) is 0 Å². The Morgan fingerprint density at radius 1 is 1.19 bits per heavy atom. The molecule has 1 aliphatic rings. The molecule has 0 saturated heterocycles. The highest BCUT2D eigenvalue weighted by Crippen LogP contribution is 2.49. The van der Waals surface area contributed by atoms with Crippen molar-refractivity contribution in [3.05, 3.63) is 24.3 Å². The van der Waals surface area contributed by atoms with Gasteiger partial charge < -0.3 is 10.2 Å². The molecule has 1 rings (SSSR count). The summed E-state index contributed by atoms with van der Waals surface area (Å²) in [6.07, 6.45) is 6.24. The van der Waals surface area contributed by atoms with Crippen molar-refractivity contribution in [1.82, 2.24) is 0 Å². The molecule has 0 heterocycles. The van der Waals surface area contributed by atoms with Crippen LogP contribution in [0.3, 0.4) is 0 Å². The molecule has 0 aromatic heterocycles. The van der Waals surface area contributed by atoms with Crippen LogP contribution in [0.15, 0.2) is 24.3 Å². The second kappa shape index (κ2) is 3.90. The van der Waals surface area contributed by atoms with Crippen molar-refractivity contribution in [2.75, 3.05) is 0 Å². The third-order valence-corrected chi connectivity index (χ3v) is 6.30. The number of carboxylic acids is 2. The Bertz CT molecular complexity index is 378. The number of hydrogen-bond acceptors (Lipinski definition) is 2. The molecule has 0 aliphatic heterocycles. The second-order valence-corrected chi connectivity index (χ2v) is 10.3. The third-order valence-electron chi connectivity index (χ3n) is 3.13. The zero-order valence-electron chi connectivity index (χ0n) is 9.60. The first kappa shape index (κ1) is 12.7. The van der Waals surface area contributed by atoms with Gasteiger partial charge in [0.1, 0.15) is 0 Å². The minimum absolute atomic E-state index is 0.971. The molecule has 2 N–H and O–H groups in total. The summed E-state index contributed by atoms with van der Waals surface area (Å²) in [5.41, 5.74) is 0. The van der Waals surface area contributed by atoms with E-state index in [9.17, 15) is 14.7 Å². The smallest absolute Gasteiger partial charge is 0.311 e. The number of allylic oxidation sites excluding steroid dienone is 2. The number of rotatable bonds is 3. The first-order valence-corrected chi connectivity index (χ1v) is 8.55. The molecule has 0 amide bonds. The molecule has 4 nitrogen and oxygen atoms in total. The number of hydrogen-bond donors (Lipinski definition) is 2. The van der Waals surface area contributed by atoms with Crippen LogP contribution in [0.1, 0.15) is 0 Å². The lowest BCUT2D eigenvalue weighted by atomic mass is 9.87. The van der Waals surface area contributed by atoms with Crippen molar-refractivity contribution in [3.8, 4) is 0 Å². The van der Waals surface area contributed by atoms with E-state index in [-0.39, 0.29) is 0 Å². The van der Waals surface area contributed by atoms with Crippen LogP contribution in [0.25, 0.3) is 0 Å². The highest BCUT2D eigenvalue weighted by atomic mass is 28.3. The monoisotopic (exact) mass is 240 g/mol. The largest absolute Gasteiger partial charge is 0.481 e. The molecule has 1 aliphatic carbocycles. The molecule has 2 atom stereocenters. The summed E-state index contributed by atoms with van der Waals surface area (Å²) >= 11 is 0. The van der Waals surface area contributed by atoms with Crippen LogP contribution in [0, 0.1) is 5.92 Å². The van der Waals surface area contributed by atoms with Crippen LogP contribution < -0.4 is 0 Å². The summed E-state index contributed by atoms with van der Waals surface area (Å²) in [4.78, 5) is 22.7. The summed E-state index contributed by atoms with van der Waals surface area (Å²) < 4.78 is 0. The fourth-order valence-corrected chi connectivity index (χ4v) is 4.55. The maximum Gasteiger partial charge on any atom is 0.311 e. The quantitative estimate of drug-likeness (QED) is 0.740. The lowest BCUT2D eigenvalue weighted by molar-refractivity contribution is -0.149. The lowest BCUT2D eigenvalue weighted by Gasteiger charge is -2.41. The topological polar surface area (TPSA) is 74.6 Å². The maximum absolute atomic E-state index is 11.5. The van der Waals surface area contributed by atoms with Gasteiger partial charge in [0, 0.05) is 0 Å². The number of carboxylic acid groups (broad SMARTS) is 2. The van der Waals surface area contributed by atoms with Crippen molar-refractivity contribution >= 4 is 20.0 Å². The number of carbonyl (C=O) groups is 2. The van der Waals surface area contributed by atoms with E-state index in [2.05, 4.69) is 0 Å². The average Bonchev–Trinajstić information content (AvgIpc) is 2.15. The molecule has 0 fully saturated rings. The van der Waals surface area contributed by atoms with Crippen molar-refractivity contribution in [1.29, 1.82) is 0 Å². The summed E-state index contributed by atoms with van der Waals surface area (Å²) in [6, 6.07) is 0. The van der Waals surface area contributed by atoms with E-state index >= 15 is 0 Å². The minimum Gasteiger partial charge on any atom is -0.481 e. The van der Waals surface area contributed by atoms with Gasteiger partial charge >= 0.3 is 11.9 Å². The van der Waals surface area contributed by atoms with Crippen LogP contribution >= 0.6 is 0 Å². The molecule has 0 aromatic carbocycles. The summed E-state index contributed by atoms with van der Waals surface area (Å²) in [7, 11) is -2.21. The Balaban J connectivity index is 3.39. The molecule has 0 bridgehead atoms. The molecule has 0 radical (unpaired) electrons. The van der Waals surface area contributed by atoms with Gasteiger partial charge in [0.05, 0.1) is 19.0 Å². The summed E-state index contributed by atoms with van der Waals surface area (Å²) in [5, 5.41) is 17.3. The molecule has 16 heavy (non-hydrogen) atoms. The van der Waals surface area contributed by atoms with Crippen LogP contribution in [0.4, 0.5) is 0 Å². The highest BCUT2D eigenvalue weighted by molar-refractivity contribution is 6.83. The SMILES string of the molecule is C[Si](C)(C)C1(C(=O)O)C=CC=CC1C(=O)O. The predicted octanol–water partition coefficient (Wildman–Crippen LogP) is 1.98. The van der Waals surface area contributed by atoms with Gasteiger partial charge in [-0.25, -0.2) is 0 Å². The summed E-state index contributed by atoms with van der Waals surface area (Å²) in [6.45, 7) is 5.63. The first-order chi connectivity index (χ1) is 7.23. The summed E-state index contributed by atoms with van der Waals surface area (Å²) in [5.74, 6) is -3.09. The van der Waals surface area contributed by atoms with Crippen LogP contribution in [-0.4, -0.2) is 30.2 Å². The molecule has 88 valence electrons. The van der Waals surface area contributed by atoms with Crippen LogP contribution in [0.2, 0.25) is 24.7 Å². The van der Waals surface area contributed by atoms with Gasteiger partial charge in [-0.2, -0.15) is 0 Å². The number of aliphatic carboxylic acids is 2. The Kier molecular flexibility index (Phi) is 3.10. The van der Waals surface area contributed by atoms with E-state index in [1.54, 1.807) is 18.2 Å². The van der Waals surface area contributed by atoms with E-state index in [0.29, 0.717) is 0 Å². The Morgan fingerprint density at radius 2 is 1.75 bits per heavy atom. The Labute approximate surface area is 95.3 Å². The van der Waals surface area contributed by atoms with Crippen molar-refractivity contribution in [2.45, 2.75) is 24.7 Å². The van der Waals surface area contributed by atoms with E-state index in [0.717, 1.165) is 0 Å². The lowest BCUT2D eigenvalue weighted by Crippen LogP contribution is -2.51. The Hall–Kier alpha value is -1.36. The van der Waals surface area contributed by atoms with Gasteiger partial charge in [-0.3, -0.25) is 9.59 Å². The van der Waals surface area contributed by atoms with Crippen molar-refractivity contribution in [2.24, 2.45) is 5.92 Å². The van der Waals surface area contributed by atoms with Crippen LogP contribution in [-0.2, 0) is 9.59 Å². The normalized spacial score (nSPS) is 29.1. The van der Waals surface area contributed by atoms with Gasteiger partial charge in [0.25, 0.3) is 0 Å². The molecule has 5 heteroatoms. The fourth-order valence-electron chi connectivity index (χ4n) is 2.16. The van der Waals surface area contributed by atoms with Crippen LogP contribution in [0.5, 0.6) is 0 Å². The molecule has 0 saturated carbocycles. The zero-order valence-corrected chi connectivity index (χ0v) is 10.6. The van der Waals surface area contributed by atoms with Gasteiger partial charge in [0.15, 0.2) is 0 Å². The molecular weight excluding hydrogens is 224 g/mol. The second-order valence-electron chi connectivity index (χ2n) is 4.98. The van der Waals surface area contributed by atoms with Crippen molar-refractivity contribution < 1.29 is 19.8 Å². The third kappa shape index (κ3) is 1.71. The fraction of sp³-hybridized carbons (Fsp3) is 0.455. The van der Waals surface area contributed by atoms with Gasteiger partial charge in [-0.15, -0.1) is 0 Å². The minimum atomic E-state index is -2.21. The first-order valence-electron chi connectivity index (χ1n) is 5.05. The molecule has 0 aromatic rings. The predicted molar refractivity (Wildman–Crippen MR) is 63.1 cm³/mol. The maximum atomic E-state index is 11.5. The van der Waals surface area contributed by atoms with Gasteiger partial charge in [-0.1, -0.05) is 43.9 Å². The van der Waals surface area contributed by atoms with E-state index < -0.39 is 31.0 Å².